The van der Waals surface area contributed by atoms with E-state index >= 15 is 0 Å². The molecule has 4 rings (SSSR count). The Morgan fingerprint density at radius 2 is 1.88 bits per heavy atom. The summed E-state index contributed by atoms with van der Waals surface area (Å²) in [6.45, 7) is 1.16. The molecule has 0 aliphatic carbocycles. The fourth-order valence-electron chi connectivity index (χ4n) is 2.59. The topological polar surface area (TPSA) is 96.9 Å². The Morgan fingerprint density at radius 3 is 2.54 bits per heavy atom. The number of guanidine groups is 1. The number of benzene rings is 1. The maximum Gasteiger partial charge on any atom is 0.228 e. The molecule has 0 spiro atoms. The second kappa shape index (κ2) is 6.03. The van der Waals surface area contributed by atoms with Crippen molar-refractivity contribution in [3.8, 4) is 0 Å². The van der Waals surface area contributed by atoms with Crippen molar-refractivity contribution in [2.45, 2.75) is 5.79 Å². The molecule has 2 aliphatic heterocycles. The molecule has 1 unspecified atom stereocenters. The minimum atomic E-state index is -0.944. The normalized spacial score (nSPS) is 23.5. The third-order valence-electron chi connectivity index (χ3n) is 4.07. The molecule has 1 aromatic carbocycles. The van der Waals surface area contributed by atoms with Gasteiger partial charge < -0.3 is 15.4 Å². The van der Waals surface area contributed by atoms with Gasteiger partial charge in [0.2, 0.25) is 5.96 Å². The molecule has 24 heavy (non-hydrogen) atoms. The Hall–Kier alpha value is -2.77. The molecule has 1 fully saturated rings. The van der Waals surface area contributed by atoms with Crippen molar-refractivity contribution in [3.63, 3.8) is 0 Å². The molecule has 1 saturated heterocycles. The van der Waals surface area contributed by atoms with Gasteiger partial charge in [-0.15, -0.1) is 0 Å². The lowest BCUT2D eigenvalue weighted by Crippen LogP contribution is -2.66. The van der Waals surface area contributed by atoms with Gasteiger partial charge in [0, 0.05) is 23.6 Å². The van der Waals surface area contributed by atoms with Gasteiger partial charge in [-0.3, -0.25) is 10.7 Å². The molecule has 7 nitrogen and oxygen atoms in total. The van der Waals surface area contributed by atoms with Crippen LogP contribution in [0.2, 0.25) is 0 Å². The number of hydrogen-bond acceptors (Lipinski definition) is 7. The van der Waals surface area contributed by atoms with E-state index in [2.05, 4.69) is 25.6 Å². The molecule has 0 amide bonds. The summed E-state index contributed by atoms with van der Waals surface area (Å²) in [6, 6.07) is 13.6. The summed E-state index contributed by atoms with van der Waals surface area (Å²) < 4.78 is 5.29. The molecular formula is C17H18N6O. The standard InChI is InChI=1S/C17H18N6O/c18-17(13-10-24-11-13)22-15(12-4-2-1-3-5-12)21-16(23-17)20-14-6-8-19-9-7-14/h1-9,13H,10-11,18H2,(H2,19,20,21,22,23). The average Bonchev–Trinajstić information content (AvgIpc) is 2.54. The van der Waals surface area contributed by atoms with Gasteiger partial charge in [-0.2, -0.15) is 4.99 Å². The van der Waals surface area contributed by atoms with Crippen LogP contribution in [-0.2, 0) is 4.74 Å². The quantitative estimate of drug-likeness (QED) is 0.788. The Morgan fingerprint density at radius 1 is 1.12 bits per heavy atom. The van der Waals surface area contributed by atoms with Crippen LogP contribution in [0.5, 0.6) is 0 Å². The van der Waals surface area contributed by atoms with Gasteiger partial charge in [0.05, 0.1) is 19.1 Å². The summed E-state index contributed by atoms with van der Waals surface area (Å²) in [7, 11) is 0. The predicted molar refractivity (Wildman–Crippen MR) is 92.6 cm³/mol. The number of anilines is 1. The highest BCUT2D eigenvalue weighted by Crippen LogP contribution is 2.25. The average molecular weight is 322 g/mol. The molecular weight excluding hydrogens is 304 g/mol. The molecule has 0 saturated carbocycles. The van der Waals surface area contributed by atoms with E-state index in [0.717, 1.165) is 11.3 Å². The number of pyridine rings is 1. The molecule has 1 aromatic heterocycles. The van der Waals surface area contributed by atoms with Gasteiger partial charge in [0.15, 0.2) is 5.79 Å². The molecule has 4 N–H and O–H groups in total. The number of nitrogens with two attached hydrogens (primary N) is 1. The maximum absolute atomic E-state index is 6.52. The lowest BCUT2D eigenvalue weighted by atomic mass is 9.98. The van der Waals surface area contributed by atoms with Crippen LogP contribution in [0, 0.1) is 5.92 Å². The number of hydrogen-bond donors (Lipinski definition) is 3. The Labute approximate surface area is 139 Å². The van der Waals surface area contributed by atoms with Crippen molar-refractivity contribution >= 4 is 17.5 Å². The summed E-state index contributed by atoms with van der Waals surface area (Å²) in [6.07, 6.45) is 3.42. The highest BCUT2D eigenvalue weighted by Gasteiger charge is 2.43. The molecule has 0 bridgehead atoms. The van der Waals surface area contributed by atoms with Crippen molar-refractivity contribution in [2.75, 3.05) is 18.5 Å². The molecule has 1 atom stereocenters. The van der Waals surface area contributed by atoms with Gasteiger partial charge in [-0.25, -0.2) is 4.99 Å². The Kier molecular flexibility index (Phi) is 3.72. The second-order valence-electron chi connectivity index (χ2n) is 5.81. The predicted octanol–water partition coefficient (Wildman–Crippen LogP) is 1.16. The lowest BCUT2D eigenvalue weighted by Gasteiger charge is -2.42. The van der Waals surface area contributed by atoms with E-state index in [9.17, 15) is 0 Å². The number of aliphatic imine (C=N–C) groups is 2. The molecule has 7 heteroatoms. The van der Waals surface area contributed by atoms with E-state index in [-0.39, 0.29) is 5.92 Å². The highest BCUT2D eigenvalue weighted by atomic mass is 16.5. The van der Waals surface area contributed by atoms with Gasteiger partial charge in [-0.1, -0.05) is 30.3 Å². The minimum Gasteiger partial charge on any atom is -0.380 e. The molecule has 122 valence electrons. The number of aromatic nitrogens is 1. The summed E-state index contributed by atoms with van der Waals surface area (Å²) >= 11 is 0. The number of amidine groups is 1. The summed E-state index contributed by atoms with van der Waals surface area (Å²) in [4.78, 5) is 13.2. The molecule has 0 radical (unpaired) electrons. The number of nitrogens with zero attached hydrogens (tertiary/aromatic N) is 3. The fraction of sp³-hybridized carbons (Fsp3) is 0.235. The van der Waals surface area contributed by atoms with Crippen molar-refractivity contribution in [1.29, 1.82) is 0 Å². The number of rotatable bonds is 3. The fourth-order valence-corrected chi connectivity index (χ4v) is 2.59. The SMILES string of the molecule is NC1(C2COC2)N=C(Nc2ccncc2)N=C(c2ccccc2)N1. The first-order valence-corrected chi connectivity index (χ1v) is 7.79. The van der Waals surface area contributed by atoms with Crippen LogP contribution in [0.1, 0.15) is 5.56 Å². The first kappa shape index (κ1) is 14.8. The first-order valence-electron chi connectivity index (χ1n) is 7.79. The van der Waals surface area contributed by atoms with Crippen LogP contribution in [-0.4, -0.2) is 35.8 Å². The molecule has 2 aromatic rings. The van der Waals surface area contributed by atoms with E-state index in [0.29, 0.717) is 25.0 Å². The van der Waals surface area contributed by atoms with Gasteiger partial charge in [-0.05, 0) is 12.1 Å². The van der Waals surface area contributed by atoms with Crippen molar-refractivity contribution in [1.82, 2.24) is 10.3 Å². The minimum absolute atomic E-state index is 0.0981. The summed E-state index contributed by atoms with van der Waals surface area (Å²) in [5, 5.41) is 6.47. The van der Waals surface area contributed by atoms with E-state index < -0.39 is 5.79 Å². The smallest absolute Gasteiger partial charge is 0.228 e. The second-order valence-corrected chi connectivity index (χ2v) is 5.81. The van der Waals surface area contributed by atoms with Gasteiger partial charge in [0.1, 0.15) is 5.84 Å². The lowest BCUT2D eigenvalue weighted by molar-refractivity contribution is -0.0717. The number of ether oxygens (including phenoxy) is 1. The third kappa shape index (κ3) is 2.86. The Balaban J connectivity index is 1.68. The monoisotopic (exact) mass is 322 g/mol. The van der Waals surface area contributed by atoms with Crippen LogP contribution < -0.4 is 16.4 Å². The number of nitrogens with one attached hydrogen (secondary N) is 2. The van der Waals surface area contributed by atoms with Gasteiger partial charge >= 0.3 is 0 Å². The Bertz CT molecular complexity index is 772. The highest BCUT2D eigenvalue weighted by molar-refractivity contribution is 6.10. The van der Waals surface area contributed by atoms with Crippen LogP contribution in [0.3, 0.4) is 0 Å². The van der Waals surface area contributed by atoms with Crippen molar-refractivity contribution in [3.05, 3.63) is 60.4 Å². The largest absolute Gasteiger partial charge is 0.380 e. The van der Waals surface area contributed by atoms with Crippen LogP contribution in [0.15, 0.2) is 64.8 Å². The first-order chi connectivity index (χ1) is 11.7. The zero-order valence-corrected chi connectivity index (χ0v) is 13.0. The van der Waals surface area contributed by atoms with Gasteiger partial charge in [0.25, 0.3) is 0 Å². The molecule has 3 heterocycles. The molecule has 2 aliphatic rings. The third-order valence-corrected chi connectivity index (χ3v) is 4.07. The van der Waals surface area contributed by atoms with Crippen molar-refractivity contribution in [2.24, 2.45) is 21.6 Å². The zero-order chi connectivity index (χ0) is 16.4. The van der Waals surface area contributed by atoms with E-state index in [4.69, 9.17) is 10.5 Å². The van der Waals surface area contributed by atoms with E-state index in [1.807, 2.05) is 42.5 Å². The zero-order valence-electron chi connectivity index (χ0n) is 13.0. The summed E-state index contributed by atoms with van der Waals surface area (Å²) in [5.41, 5.74) is 8.34. The van der Waals surface area contributed by atoms with Crippen LogP contribution in [0.4, 0.5) is 5.69 Å². The van der Waals surface area contributed by atoms with E-state index in [1.54, 1.807) is 12.4 Å². The van der Waals surface area contributed by atoms with Crippen molar-refractivity contribution < 1.29 is 4.74 Å². The van der Waals surface area contributed by atoms with E-state index in [1.165, 1.54) is 0 Å². The van der Waals surface area contributed by atoms with Crippen LogP contribution in [0.25, 0.3) is 0 Å². The maximum atomic E-state index is 6.52. The van der Waals surface area contributed by atoms with Crippen LogP contribution >= 0.6 is 0 Å². The summed E-state index contributed by atoms with van der Waals surface area (Å²) in [5.74, 6) is 0.311.